The number of hydrogen-bond donors (Lipinski definition) is 0. The number of nitrogens with zero attached hydrogens (tertiary/aromatic N) is 3. The Labute approximate surface area is 169 Å². The van der Waals surface area contributed by atoms with Crippen LogP contribution in [-0.4, -0.2) is 15.2 Å². The quantitative estimate of drug-likeness (QED) is 0.440. The van der Waals surface area contributed by atoms with Crippen molar-refractivity contribution in [2.24, 2.45) is 0 Å². The maximum absolute atomic E-state index is 13.1. The number of benzene rings is 2. The minimum Gasteiger partial charge on any atom is -0.295 e. The molecule has 0 saturated carbocycles. The second-order valence-electron chi connectivity index (χ2n) is 8.02. The zero-order valence-electron chi connectivity index (χ0n) is 16.8. The van der Waals surface area contributed by atoms with Gasteiger partial charge < -0.3 is 0 Å². The number of aromatic nitrogens is 2. The van der Waals surface area contributed by atoms with Crippen molar-refractivity contribution >= 4 is 22.5 Å². The van der Waals surface area contributed by atoms with E-state index in [0.29, 0.717) is 23.2 Å². The lowest BCUT2D eigenvalue weighted by Gasteiger charge is -2.22. The number of rotatable bonds is 1. The lowest BCUT2D eigenvalue weighted by molar-refractivity contribution is 0.0972. The van der Waals surface area contributed by atoms with E-state index in [1.165, 1.54) is 11.1 Å². The van der Waals surface area contributed by atoms with Gasteiger partial charge in [-0.15, -0.1) is 0 Å². The Bertz CT molecular complexity index is 1370. The molecule has 2 aromatic heterocycles. The molecule has 0 amide bonds. The maximum atomic E-state index is 13.1. The fourth-order valence-electron chi connectivity index (χ4n) is 4.46. The zero-order valence-corrected chi connectivity index (χ0v) is 16.8. The number of pyridine rings is 1. The number of carbonyl (C=O) groups is 1. The van der Waals surface area contributed by atoms with Crippen molar-refractivity contribution in [3.63, 3.8) is 0 Å². The van der Waals surface area contributed by atoms with Gasteiger partial charge in [0.1, 0.15) is 11.6 Å². The fourth-order valence-corrected chi connectivity index (χ4v) is 4.46. The molecule has 0 saturated heterocycles. The van der Waals surface area contributed by atoms with E-state index in [-0.39, 0.29) is 5.78 Å². The zero-order chi connectivity index (χ0) is 20.3. The number of Topliss-reactive ketones (excluding diaryl/α,β-unsaturated/α-hetero) is 1. The van der Waals surface area contributed by atoms with Crippen LogP contribution < -0.4 is 0 Å². The van der Waals surface area contributed by atoms with Gasteiger partial charge in [0.15, 0.2) is 11.4 Å². The van der Waals surface area contributed by atoms with Crippen LogP contribution in [0.25, 0.3) is 27.8 Å². The van der Waals surface area contributed by atoms with Crippen molar-refractivity contribution in [3.05, 3.63) is 69.9 Å². The van der Waals surface area contributed by atoms with Crippen molar-refractivity contribution in [1.82, 2.24) is 9.38 Å². The van der Waals surface area contributed by atoms with Crippen LogP contribution in [0, 0.1) is 32.1 Å². The van der Waals surface area contributed by atoms with Gasteiger partial charge in [-0.2, -0.15) is 5.26 Å². The van der Waals surface area contributed by atoms with Crippen molar-refractivity contribution in [2.75, 3.05) is 0 Å². The summed E-state index contributed by atoms with van der Waals surface area (Å²) in [6.45, 7) is 6.18. The third-order valence-electron chi connectivity index (χ3n) is 6.10. The minimum atomic E-state index is 0.117. The molecule has 0 aliphatic heterocycles. The molecule has 2 heterocycles. The number of hydrogen-bond acceptors (Lipinski definition) is 3. The van der Waals surface area contributed by atoms with E-state index in [9.17, 15) is 10.1 Å². The number of ketones is 1. The summed E-state index contributed by atoms with van der Waals surface area (Å²) in [4.78, 5) is 17.9. The summed E-state index contributed by atoms with van der Waals surface area (Å²) in [5, 5.41) is 10.1. The van der Waals surface area contributed by atoms with Gasteiger partial charge in [0.25, 0.3) is 0 Å². The summed E-state index contributed by atoms with van der Waals surface area (Å²) < 4.78 is 2.06. The molecule has 0 radical (unpaired) electrons. The number of imidazole rings is 1. The van der Waals surface area contributed by atoms with Gasteiger partial charge in [-0.25, -0.2) is 4.98 Å². The van der Waals surface area contributed by atoms with E-state index in [0.717, 1.165) is 46.3 Å². The smallest absolute Gasteiger partial charge is 0.165 e. The van der Waals surface area contributed by atoms with E-state index in [1.807, 2.05) is 31.2 Å². The molecule has 0 fully saturated rings. The maximum Gasteiger partial charge on any atom is 0.165 e. The summed E-state index contributed by atoms with van der Waals surface area (Å²) in [7, 11) is 0. The van der Waals surface area contributed by atoms with E-state index in [4.69, 9.17) is 4.98 Å². The summed E-state index contributed by atoms with van der Waals surface area (Å²) in [6, 6.07) is 14.6. The Balaban J connectivity index is 2.01. The van der Waals surface area contributed by atoms with E-state index in [1.54, 1.807) is 0 Å². The minimum absolute atomic E-state index is 0.117. The largest absolute Gasteiger partial charge is 0.295 e. The Morgan fingerprint density at radius 1 is 1.00 bits per heavy atom. The molecule has 29 heavy (non-hydrogen) atoms. The highest BCUT2D eigenvalue weighted by Crippen LogP contribution is 2.38. The van der Waals surface area contributed by atoms with Crippen molar-refractivity contribution in [1.29, 1.82) is 5.26 Å². The monoisotopic (exact) mass is 379 g/mol. The molecule has 4 heteroatoms. The molecule has 2 aromatic carbocycles. The Morgan fingerprint density at radius 2 is 1.72 bits per heavy atom. The molecule has 5 rings (SSSR count). The van der Waals surface area contributed by atoms with Crippen LogP contribution in [0.4, 0.5) is 0 Å². The summed E-state index contributed by atoms with van der Waals surface area (Å²) in [5.74, 6) is 0.117. The Hall–Kier alpha value is -3.45. The molecule has 142 valence electrons. The molecular formula is C25H21N3O. The molecule has 1 aliphatic carbocycles. The van der Waals surface area contributed by atoms with Gasteiger partial charge in [0.2, 0.25) is 0 Å². The lowest BCUT2D eigenvalue weighted by atomic mass is 9.85. The first kappa shape index (κ1) is 17.6. The molecule has 4 aromatic rings. The molecule has 0 atom stereocenters. The second-order valence-corrected chi connectivity index (χ2v) is 8.02. The van der Waals surface area contributed by atoms with Gasteiger partial charge in [-0.05, 0) is 62.4 Å². The average Bonchev–Trinajstić information content (AvgIpc) is 3.06. The van der Waals surface area contributed by atoms with Crippen molar-refractivity contribution in [3.8, 4) is 17.2 Å². The first-order valence-corrected chi connectivity index (χ1v) is 9.98. The standard InChI is InChI=1S/C25H21N3O/c1-14-7-9-17(10-8-14)23-18(13-26)25-27-19-11-15(2)16(3)12-21(19)28(25)20-5-4-6-22(29)24(20)23/h7-12H,4-6H2,1-3H3. The molecular weight excluding hydrogens is 358 g/mol. The van der Waals surface area contributed by atoms with Gasteiger partial charge in [-0.3, -0.25) is 9.20 Å². The first-order valence-electron chi connectivity index (χ1n) is 9.98. The molecule has 0 spiro atoms. The highest BCUT2D eigenvalue weighted by Gasteiger charge is 2.29. The Kier molecular flexibility index (Phi) is 3.82. The van der Waals surface area contributed by atoms with Gasteiger partial charge >= 0.3 is 0 Å². The van der Waals surface area contributed by atoms with Crippen LogP contribution in [0.2, 0.25) is 0 Å². The van der Waals surface area contributed by atoms with Crippen LogP contribution in [0.15, 0.2) is 36.4 Å². The predicted octanol–water partition coefficient (Wildman–Crippen LogP) is 5.47. The highest BCUT2D eigenvalue weighted by atomic mass is 16.1. The normalized spacial score (nSPS) is 13.7. The van der Waals surface area contributed by atoms with Gasteiger partial charge in [-0.1, -0.05) is 29.8 Å². The SMILES string of the molecule is Cc1ccc(-c2c3c(n4c(nc5cc(C)c(C)cc54)c2C#N)CCCC3=O)cc1. The van der Waals surface area contributed by atoms with E-state index < -0.39 is 0 Å². The predicted molar refractivity (Wildman–Crippen MR) is 114 cm³/mol. The number of nitriles is 1. The van der Waals surface area contributed by atoms with Crippen molar-refractivity contribution < 1.29 is 4.79 Å². The number of fused-ring (bicyclic) bond motifs is 5. The Morgan fingerprint density at radius 3 is 2.45 bits per heavy atom. The second kappa shape index (κ2) is 6.28. The third-order valence-corrected chi connectivity index (χ3v) is 6.10. The van der Waals surface area contributed by atoms with Crippen LogP contribution >= 0.6 is 0 Å². The molecule has 4 nitrogen and oxygen atoms in total. The first-order chi connectivity index (χ1) is 14.0. The van der Waals surface area contributed by atoms with Gasteiger partial charge in [0, 0.05) is 23.2 Å². The van der Waals surface area contributed by atoms with E-state index >= 15 is 0 Å². The summed E-state index contributed by atoms with van der Waals surface area (Å²) >= 11 is 0. The van der Waals surface area contributed by atoms with Crippen LogP contribution in [-0.2, 0) is 6.42 Å². The number of aryl methyl sites for hydroxylation is 4. The van der Waals surface area contributed by atoms with Gasteiger partial charge in [0.05, 0.1) is 11.0 Å². The topological polar surface area (TPSA) is 58.2 Å². The fraction of sp³-hybridized carbons (Fsp3) is 0.240. The molecule has 1 aliphatic rings. The number of carbonyl (C=O) groups excluding carboxylic acids is 1. The molecule has 0 unspecified atom stereocenters. The third kappa shape index (κ3) is 2.51. The van der Waals surface area contributed by atoms with Crippen LogP contribution in [0.5, 0.6) is 0 Å². The van der Waals surface area contributed by atoms with Crippen LogP contribution in [0.3, 0.4) is 0 Å². The van der Waals surface area contributed by atoms with E-state index in [2.05, 4.69) is 36.5 Å². The average molecular weight is 379 g/mol. The molecule has 0 bridgehead atoms. The molecule has 0 N–H and O–H groups in total. The lowest BCUT2D eigenvalue weighted by Crippen LogP contribution is -2.18. The summed E-state index contributed by atoms with van der Waals surface area (Å²) in [6.07, 6.45) is 2.15. The highest BCUT2D eigenvalue weighted by molar-refractivity contribution is 6.07. The summed E-state index contributed by atoms with van der Waals surface area (Å²) in [5.41, 5.74) is 9.78. The van der Waals surface area contributed by atoms with Crippen LogP contribution in [0.1, 0.15) is 51.1 Å². The van der Waals surface area contributed by atoms with Crippen molar-refractivity contribution in [2.45, 2.75) is 40.0 Å².